The normalized spacial score (nSPS) is 12.2. The Hall–Kier alpha value is -2.92. The number of aromatic nitrogens is 2. The number of hydrogen-bond donors (Lipinski definition) is 2. The fourth-order valence-corrected chi connectivity index (χ4v) is 4.37. The topological polar surface area (TPSA) is 57.8 Å². The van der Waals surface area contributed by atoms with Crippen molar-refractivity contribution in [1.82, 2.24) is 15.3 Å². The molecule has 4 aromatic rings. The van der Waals surface area contributed by atoms with E-state index < -0.39 is 0 Å². The van der Waals surface area contributed by atoms with Crippen LogP contribution in [0.2, 0.25) is 0 Å². The molecule has 0 saturated carbocycles. The van der Waals surface area contributed by atoms with Crippen molar-refractivity contribution in [3.05, 3.63) is 88.0 Å². The summed E-state index contributed by atoms with van der Waals surface area (Å²) in [6.07, 6.45) is 5.20. The van der Waals surface area contributed by atoms with E-state index in [2.05, 4.69) is 63.4 Å². The van der Waals surface area contributed by atoms with Gasteiger partial charge in [0.25, 0.3) is 0 Å². The van der Waals surface area contributed by atoms with E-state index in [0.717, 1.165) is 12.1 Å². The van der Waals surface area contributed by atoms with E-state index in [1.807, 2.05) is 18.2 Å². The highest BCUT2D eigenvalue weighted by Gasteiger charge is 2.22. The third-order valence-corrected chi connectivity index (χ3v) is 5.82. The van der Waals surface area contributed by atoms with Gasteiger partial charge in [-0.3, -0.25) is 9.78 Å². The fourth-order valence-electron chi connectivity index (χ4n) is 3.65. The second kappa shape index (κ2) is 8.40. The molecule has 1 unspecified atom stereocenters. The molecule has 0 aliphatic carbocycles. The molecule has 4 nitrogen and oxygen atoms in total. The Bertz CT molecular complexity index is 1050. The van der Waals surface area contributed by atoms with Gasteiger partial charge in [-0.1, -0.05) is 31.2 Å². The molecule has 0 fully saturated rings. The third kappa shape index (κ3) is 3.85. The van der Waals surface area contributed by atoms with Crippen LogP contribution in [0.3, 0.4) is 0 Å². The van der Waals surface area contributed by atoms with E-state index in [9.17, 15) is 4.79 Å². The number of H-pyrrole nitrogens is 1. The molecule has 5 heteroatoms. The average Bonchev–Trinajstić information content (AvgIpc) is 3.41. The van der Waals surface area contributed by atoms with E-state index in [1.54, 1.807) is 17.5 Å². The third-order valence-electron chi connectivity index (χ3n) is 5.12. The molecule has 0 aliphatic heterocycles. The smallest absolute Gasteiger partial charge is 0.221 e. The Kier molecular flexibility index (Phi) is 5.53. The van der Waals surface area contributed by atoms with Crippen LogP contribution in [-0.4, -0.2) is 15.9 Å². The summed E-state index contributed by atoms with van der Waals surface area (Å²) in [6.45, 7) is 2.61. The van der Waals surface area contributed by atoms with Gasteiger partial charge in [-0.25, -0.2) is 0 Å². The number of thiophene rings is 1. The molecule has 4 rings (SSSR count). The van der Waals surface area contributed by atoms with Crippen LogP contribution in [0.4, 0.5) is 0 Å². The highest BCUT2D eigenvalue weighted by Crippen LogP contribution is 2.35. The van der Waals surface area contributed by atoms with Gasteiger partial charge in [0.2, 0.25) is 5.91 Å². The van der Waals surface area contributed by atoms with E-state index in [4.69, 9.17) is 0 Å². The van der Waals surface area contributed by atoms with Crippen molar-refractivity contribution in [2.75, 3.05) is 0 Å². The Morgan fingerprint density at radius 3 is 2.89 bits per heavy atom. The van der Waals surface area contributed by atoms with Crippen LogP contribution in [0.25, 0.3) is 10.9 Å². The standard InChI is InChI=1S/C23H23N3OS/c1-2-16-6-5-8-19-21(14-26-23(16)19)20(17-9-11-28-15-17)12-22(27)25-13-18-7-3-4-10-24-18/h3-11,14-15,20,26H,2,12-13H2,1H3,(H,25,27). The van der Waals surface area contributed by atoms with Crippen molar-refractivity contribution in [3.8, 4) is 0 Å². The summed E-state index contributed by atoms with van der Waals surface area (Å²) in [6, 6.07) is 14.2. The molecular weight excluding hydrogens is 366 g/mol. The zero-order chi connectivity index (χ0) is 19.3. The monoisotopic (exact) mass is 389 g/mol. The number of aryl methyl sites for hydroxylation is 1. The number of amides is 1. The number of pyridine rings is 1. The predicted octanol–water partition coefficient (Wildman–Crippen LogP) is 5.03. The van der Waals surface area contributed by atoms with Gasteiger partial charge in [0.1, 0.15) is 0 Å². The Morgan fingerprint density at radius 2 is 2.14 bits per heavy atom. The summed E-state index contributed by atoms with van der Waals surface area (Å²) >= 11 is 1.66. The lowest BCUT2D eigenvalue weighted by Gasteiger charge is -2.16. The molecule has 3 heterocycles. The van der Waals surface area contributed by atoms with E-state index >= 15 is 0 Å². The Labute approximate surface area is 168 Å². The molecule has 0 saturated heterocycles. The molecule has 0 spiro atoms. The lowest BCUT2D eigenvalue weighted by molar-refractivity contribution is -0.121. The van der Waals surface area contributed by atoms with Crippen LogP contribution in [0, 0.1) is 0 Å². The van der Waals surface area contributed by atoms with Crippen LogP contribution in [0.15, 0.2) is 65.6 Å². The van der Waals surface area contributed by atoms with Gasteiger partial charge < -0.3 is 10.3 Å². The minimum Gasteiger partial charge on any atom is -0.361 e. The van der Waals surface area contributed by atoms with Crippen molar-refractivity contribution in [2.24, 2.45) is 0 Å². The molecule has 1 amide bonds. The maximum atomic E-state index is 12.7. The minimum absolute atomic E-state index is 0.0239. The lowest BCUT2D eigenvalue weighted by atomic mass is 9.89. The lowest BCUT2D eigenvalue weighted by Crippen LogP contribution is -2.25. The maximum Gasteiger partial charge on any atom is 0.221 e. The van der Waals surface area contributed by atoms with Crippen molar-refractivity contribution < 1.29 is 4.79 Å². The van der Waals surface area contributed by atoms with Crippen molar-refractivity contribution in [3.63, 3.8) is 0 Å². The van der Waals surface area contributed by atoms with Gasteiger partial charge in [0.05, 0.1) is 12.2 Å². The number of nitrogens with one attached hydrogen (secondary N) is 2. The molecule has 28 heavy (non-hydrogen) atoms. The van der Waals surface area contributed by atoms with Crippen LogP contribution in [0.1, 0.15) is 41.6 Å². The van der Waals surface area contributed by atoms with Crippen molar-refractivity contribution in [2.45, 2.75) is 32.2 Å². The second-order valence-electron chi connectivity index (χ2n) is 6.85. The molecule has 2 N–H and O–H groups in total. The summed E-state index contributed by atoms with van der Waals surface area (Å²) in [5, 5.41) is 8.43. The summed E-state index contributed by atoms with van der Waals surface area (Å²) in [5.41, 5.74) is 5.70. The first-order valence-electron chi connectivity index (χ1n) is 9.53. The largest absolute Gasteiger partial charge is 0.361 e. The van der Waals surface area contributed by atoms with Crippen molar-refractivity contribution in [1.29, 1.82) is 0 Å². The summed E-state index contributed by atoms with van der Waals surface area (Å²) in [5.74, 6) is 0.0543. The van der Waals surface area contributed by atoms with E-state index in [0.29, 0.717) is 13.0 Å². The fraction of sp³-hybridized carbons (Fsp3) is 0.217. The first-order chi connectivity index (χ1) is 13.8. The number of rotatable bonds is 7. The number of hydrogen-bond acceptors (Lipinski definition) is 3. The van der Waals surface area contributed by atoms with Crippen molar-refractivity contribution >= 4 is 28.1 Å². The Morgan fingerprint density at radius 1 is 1.21 bits per heavy atom. The van der Waals surface area contributed by atoms with Gasteiger partial charge in [0, 0.05) is 35.6 Å². The molecule has 3 aromatic heterocycles. The highest BCUT2D eigenvalue weighted by atomic mass is 32.1. The van der Waals surface area contributed by atoms with Gasteiger partial charge in [-0.2, -0.15) is 11.3 Å². The van der Waals surface area contributed by atoms with Crippen LogP contribution in [-0.2, 0) is 17.8 Å². The molecular formula is C23H23N3OS. The number of nitrogens with zero attached hydrogens (tertiary/aromatic N) is 1. The molecule has 0 aliphatic rings. The number of para-hydroxylation sites is 1. The zero-order valence-electron chi connectivity index (χ0n) is 15.8. The minimum atomic E-state index is 0.0239. The van der Waals surface area contributed by atoms with Gasteiger partial charge in [0.15, 0.2) is 0 Å². The van der Waals surface area contributed by atoms with Crippen LogP contribution < -0.4 is 5.32 Å². The maximum absolute atomic E-state index is 12.7. The summed E-state index contributed by atoms with van der Waals surface area (Å²) in [7, 11) is 0. The molecule has 0 bridgehead atoms. The number of aromatic amines is 1. The SMILES string of the molecule is CCc1cccc2c(C(CC(=O)NCc3ccccn3)c3ccsc3)c[nH]c12. The van der Waals surface area contributed by atoms with Gasteiger partial charge in [-0.05, 0) is 52.1 Å². The van der Waals surface area contributed by atoms with Crippen LogP contribution >= 0.6 is 11.3 Å². The van der Waals surface area contributed by atoms with E-state index in [-0.39, 0.29) is 11.8 Å². The first-order valence-corrected chi connectivity index (χ1v) is 10.5. The number of benzene rings is 1. The molecule has 1 atom stereocenters. The quantitative estimate of drug-likeness (QED) is 0.466. The van der Waals surface area contributed by atoms with Crippen LogP contribution in [0.5, 0.6) is 0 Å². The summed E-state index contributed by atoms with van der Waals surface area (Å²) in [4.78, 5) is 20.4. The van der Waals surface area contributed by atoms with Gasteiger partial charge >= 0.3 is 0 Å². The molecule has 142 valence electrons. The number of carbonyl (C=O) groups is 1. The second-order valence-corrected chi connectivity index (χ2v) is 7.63. The first kappa shape index (κ1) is 18.4. The Balaban J connectivity index is 1.59. The molecule has 0 radical (unpaired) electrons. The molecule has 1 aromatic carbocycles. The average molecular weight is 390 g/mol. The summed E-state index contributed by atoms with van der Waals surface area (Å²) < 4.78 is 0. The number of carbonyl (C=O) groups excluding carboxylic acids is 1. The number of fused-ring (bicyclic) bond motifs is 1. The van der Waals surface area contributed by atoms with Gasteiger partial charge in [-0.15, -0.1) is 0 Å². The van der Waals surface area contributed by atoms with E-state index in [1.165, 1.54) is 27.6 Å². The predicted molar refractivity (Wildman–Crippen MR) is 115 cm³/mol. The zero-order valence-corrected chi connectivity index (χ0v) is 16.6. The highest BCUT2D eigenvalue weighted by molar-refractivity contribution is 7.08.